The Morgan fingerprint density at radius 3 is 2.81 bits per heavy atom. The van der Waals surface area contributed by atoms with E-state index in [1.54, 1.807) is 19.1 Å². The number of rotatable bonds is 5. The van der Waals surface area contributed by atoms with E-state index in [1.165, 1.54) is 0 Å². The molecule has 2 rings (SSSR count). The highest BCUT2D eigenvalue weighted by molar-refractivity contribution is 5.43. The highest BCUT2D eigenvalue weighted by Crippen LogP contribution is 2.23. The molecule has 112 valence electrons. The molecule has 0 saturated carbocycles. The van der Waals surface area contributed by atoms with Gasteiger partial charge < -0.3 is 15.4 Å². The summed E-state index contributed by atoms with van der Waals surface area (Å²) in [7, 11) is 3.42. The van der Waals surface area contributed by atoms with Crippen molar-refractivity contribution in [1.82, 2.24) is 9.97 Å². The van der Waals surface area contributed by atoms with E-state index >= 15 is 0 Å². The SMILES string of the molecule is COc1ccccc1CC(C)N(C)c1nc(N)ncc1F. The number of nitrogens with two attached hydrogens (primary N) is 1. The first-order chi connectivity index (χ1) is 10.0. The largest absolute Gasteiger partial charge is 0.496 e. The van der Waals surface area contributed by atoms with Gasteiger partial charge in [-0.25, -0.2) is 9.37 Å². The first-order valence-corrected chi connectivity index (χ1v) is 6.65. The van der Waals surface area contributed by atoms with E-state index in [9.17, 15) is 4.39 Å². The van der Waals surface area contributed by atoms with Crippen LogP contribution >= 0.6 is 0 Å². The Morgan fingerprint density at radius 2 is 2.10 bits per heavy atom. The summed E-state index contributed by atoms with van der Waals surface area (Å²) in [6, 6.07) is 7.79. The normalized spacial score (nSPS) is 12.0. The minimum atomic E-state index is -0.487. The first kappa shape index (κ1) is 15.0. The quantitative estimate of drug-likeness (QED) is 0.915. The maximum absolute atomic E-state index is 13.8. The molecule has 0 aliphatic heterocycles. The van der Waals surface area contributed by atoms with Gasteiger partial charge in [0.15, 0.2) is 11.6 Å². The highest BCUT2D eigenvalue weighted by Gasteiger charge is 2.18. The molecule has 2 aromatic rings. The summed E-state index contributed by atoms with van der Waals surface area (Å²) in [5.41, 5.74) is 6.59. The van der Waals surface area contributed by atoms with Gasteiger partial charge in [-0.2, -0.15) is 4.98 Å². The number of methoxy groups -OCH3 is 1. The minimum Gasteiger partial charge on any atom is -0.496 e. The molecular formula is C15H19FN4O. The van der Waals surface area contributed by atoms with Crippen LogP contribution in [-0.2, 0) is 6.42 Å². The van der Waals surface area contributed by atoms with Crippen LogP contribution < -0.4 is 15.4 Å². The lowest BCUT2D eigenvalue weighted by Gasteiger charge is -2.26. The fraction of sp³-hybridized carbons (Fsp3) is 0.333. The molecule has 0 saturated heterocycles. The maximum Gasteiger partial charge on any atom is 0.222 e. The Kier molecular flexibility index (Phi) is 4.57. The van der Waals surface area contributed by atoms with Gasteiger partial charge in [-0.1, -0.05) is 18.2 Å². The predicted molar refractivity (Wildman–Crippen MR) is 81.0 cm³/mol. The van der Waals surface area contributed by atoms with Crippen molar-refractivity contribution >= 4 is 11.8 Å². The Labute approximate surface area is 123 Å². The molecule has 2 N–H and O–H groups in total. The zero-order valence-corrected chi connectivity index (χ0v) is 12.4. The second-order valence-electron chi connectivity index (χ2n) is 4.88. The van der Waals surface area contributed by atoms with E-state index in [2.05, 4.69) is 9.97 Å². The smallest absolute Gasteiger partial charge is 0.222 e. The van der Waals surface area contributed by atoms with Crippen LogP contribution in [-0.4, -0.2) is 30.2 Å². The third-order valence-electron chi connectivity index (χ3n) is 3.45. The number of ether oxygens (including phenoxy) is 1. The Hall–Kier alpha value is -2.37. The highest BCUT2D eigenvalue weighted by atomic mass is 19.1. The molecule has 0 spiro atoms. The summed E-state index contributed by atoms with van der Waals surface area (Å²) in [5, 5.41) is 0. The van der Waals surface area contributed by atoms with Crippen molar-refractivity contribution in [2.24, 2.45) is 0 Å². The second kappa shape index (κ2) is 6.39. The zero-order chi connectivity index (χ0) is 15.4. The van der Waals surface area contributed by atoms with Crippen LogP contribution in [0.5, 0.6) is 5.75 Å². The zero-order valence-electron chi connectivity index (χ0n) is 12.4. The molecule has 1 aromatic carbocycles. The molecule has 1 unspecified atom stereocenters. The van der Waals surface area contributed by atoms with Gasteiger partial charge in [0.05, 0.1) is 13.3 Å². The van der Waals surface area contributed by atoms with Crippen molar-refractivity contribution in [3.63, 3.8) is 0 Å². The molecule has 1 heterocycles. The van der Waals surface area contributed by atoms with E-state index in [0.717, 1.165) is 17.5 Å². The number of hydrogen-bond donors (Lipinski definition) is 1. The van der Waals surface area contributed by atoms with Crippen molar-refractivity contribution in [1.29, 1.82) is 0 Å². The lowest BCUT2D eigenvalue weighted by atomic mass is 10.1. The lowest BCUT2D eigenvalue weighted by molar-refractivity contribution is 0.408. The van der Waals surface area contributed by atoms with Gasteiger partial charge in [0.2, 0.25) is 5.95 Å². The number of aromatic nitrogens is 2. The molecule has 0 bridgehead atoms. The van der Waals surface area contributed by atoms with E-state index in [0.29, 0.717) is 6.42 Å². The molecule has 0 aliphatic carbocycles. The second-order valence-corrected chi connectivity index (χ2v) is 4.88. The molecule has 21 heavy (non-hydrogen) atoms. The number of anilines is 2. The van der Waals surface area contributed by atoms with E-state index < -0.39 is 5.82 Å². The van der Waals surface area contributed by atoms with Gasteiger partial charge in [-0.05, 0) is 25.0 Å². The molecule has 1 aromatic heterocycles. The third-order valence-corrected chi connectivity index (χ3v) is 3.45. The number of para-hydroxylation sites is 1. The summed E-state index contributed by atoms with van der Waals surface area (Å²) < 4.78 is 19.2. The third kappa shape index (κ3) is 3.39. The van der Waals surface area contributed by atoms with Crippen molar-refractivity contribution in [3.05, 3.63) is 41.8 Å². The molecule has 0 aliphatic rings. The van der Waals surface area contributed by atoms with Crippen LogP contribution in [0.2, 0.25) is 0 Å². The Bertz CT molecular complexity index is 620. The van der Waals surface area contributed by atoms with Crippen molar-refractivity contribution in [2.45, 2.75) is 19.4 Å². The monoisotopic (exact) mass is 290 g/mol. The molecule has 0 amide bonds. The summed E-state index contributed by atoms with van der Waals surface area (Å²) in [6.07, 6.45) is 1.79. The first-order valence-electron chi connectivity index (χ1n) is 6.65. The standard InChI is InChI=1S/C15H19FN4O/c1-10(8-11-6-4-5-7-13(11)21-3)20(2)14-12(16)9-18-15(17)19-14/h4-7,9-10H,8H2,1-3H3,(H2,17,18,19). The van der Waals surface area contributed by atoms with Gasteiger partial charge in [-0.3, -0.25) is 0 Å². The van der Waals surface area contributed by atoms with Crippen molar-refractivity contribution < 1.29 is 9.13 Å². The van der Waals surface area contributed by atoms with Gasteiger partial charge in [-0.15, -0.1) is 0 Å². The maximum atomic E-state index is 13.8. The number of benzene rings is 1. The van der Waals surface area contributed by atoms with Gasteiger partial charge in [0.1, 0.15) is 5.75 Å². The summed E-state index contributed by atoms with van der Waals surface area (Å²) in [4.78, 5) is 9.35. The van der Waals surface area contributed by atoms with Crippen LogP contribution in [0.1, 0.15) is 12.5 Å². The molecule has 0 fully saturated rings. The number of nitrogen functional groups attached to an aromatic ring is 1. The van der Waals surface area contributed by atoms with Gasteiger partial charge in [0.25, 0.3) is 0 Å². The van der Waals surface area contributed by atoms with Crippen LogP contribution in [0, 0.1) is 5.82 Å². The fourth-order valence-corrected chi connectivity index (χ4v) is 2.15. The van der Waals surface area contributed by atoms with Crippen LogP contribution in [0.3, 0.4) is 0 Å². The lowest BCUT2D eigenvalue weighted by Crippen LogP contribution is -2.32. The average molecular weight is 290 g/mol. The summed E-state index contributed by atoms with van der Waals surface area (Å²) in [6.45, 7) is 1.99. The molecular weight excluding hydrogens is 271 g/mol. The van der Waals surface area contributed by atoms with E-state index in [4.69, 9.17) is 10.5 Å². The predicted octanol–water partition coefficient (Wildman–Crippen LogP) is 2.27. The van der Waals surface area contributed by atoms with Crippen LogP contribution in [0.4, 0.5) is 16.2 Å². The van der Waals surface area contributed by atoms with E-state index in [-0.39, 0.29) is 17.8 Å². The number of nitrogens with zero attached hydrogens (tertiary/aromatic N) is 3. The van der Waals surface area contributed by atoms with Crippen LogP contribution in [0.25, 0.3) is 0 Å². The molecule has 0 radical (unpaired) electrons. The Morgan fingerprint density at radius 1 is 1.38 bits per heavy atom. The van der Waals surface area contributed by atoms with Gasteiger partial charge in [0, 0.05) is 13.1 Å². The van der Waals surface area contributed by atoms with E-state index in [1.807, 2.05) is 31.2 Å². The number of hydrogen-bond acceptors (Lipinski definition) is 5. The van der Waals surface area contributed by atoms with Gasteiger partial charge >= 0.3 is 0 Å². The Balaban J connectivity index is 2.19. The molecule has 6 heteroatoms. The minimum absolute atomic E-state index is 0.0186. The summed E-state index contributed by atoms with van der Waals surface area (Å²) in [5.74, 6) is 0.589. The van der Waals surface area contributed by atoms with Crippen molar-refractivity contribution in [3.8, 4) is 5.75 Å². The fourth-order valence-electron chi connectivity index (χ4n) is 2.15. The average Bonchev–Trinajstić information content (AvgIpc) is 2.49. The topological polar surface area (TPSA) is 64.3 Å². The molecule has 5 nitrogen and oxygen atoms in total. The molecule has 1 atom stereocenters. The van der Waals surface area contributed by atoms with Crippen LogP contribution in [0.15, 0.2) is 30.5 Å². The number of halogens is 1. The van der Waals surface area contributed by atoms with Crippen molar-refractivity contribution in [2.75, 3.05) is 24.8 Å². The summed E-state index contributed by atoms with van der Waals surface area (Å²) >= 11 is 0. The number of likely N-dealkylation sites (N-methyl/N-ethyl adjacent to an activating group) is 1.